The molecule has 1 heterocycles. The highest BCUT2D eigenvalue weighted by molar-refractivity contribution is 7.44. The van der Waals surface area contributed by atoms with Gasteiger partial charge in [0.05, 0.1) is 21.7 Å². The lowest BCUT2D eigenvalue weighted by Crippen LogP contribution is -2.55. The summed E-state index contributed by atoms with van der Waals surface area (Å²) in [6.45, 7) is 3.89. The Kier molecular flexibility index (Phi) is 7.55. The molecule has 0 saturated carbocycles. The minimum Gasteiger partial charge on any atom is -0.756 e. The number of rotatable bonds is 7. The van der Waals surface area contributed by atoms with Crippen LogP contribution in [-0.2, 0) is 13.8 Å². The number of fused-ring (bicyclic) bond motifs is 1. The number of halogens is 2. The predicted octanol–water partition coefficient (Wildman–Crippen LogP) is 3.66. The lowest BCUT2D eigenvalue weighted by atomic mass is 9.85. The summed E-state index contributed by atoms with van der Waals surface area (Å²) in [6.07, 6.45) is -0.999. The molecule has 33 heavy (non-hydrogen) atoms. The molecule has 9 nitrogen and oxygen atoms in total. The highest BCUT2D eigenvalue weighted by atomic mass is 35.5. The van der Waals surface area contributed by atoms with Crippen LogP contribution in [0.1, 0.15) is 53.1 Å². The van der Waals surface area contributed by atoms with Crippen molar-refractivity contribution in [1.82, 2.24) is 5.32 Å². The zero-order valence-corrected chi connectivity index (χ0v) is 20.2. The summed E-state index contributed by atoms with van der Waals surface area (Å²) in [5.74, 6) is -0.403. The van der Waals surface area contributed by atoms with Gasteiger partial charge in [-0.3, -0.25) is 18.7 Å². The molecule has 0 spiro atoms. The van der Waals surface area contributed by atoms with Crippen LogP contribution in [0, 0.1) is 0 Å². The second-order valence-electron chi connectivity index (χ2n) is 7.87. The molecule has 3 atom stereocenters. The van der Waals surface area contributed by atoms with Crippen molar-refractivity contribution in [3.05, 3.63) is 63.1 Å². The maximum absolute atomic E-state index is 13.1. The van der Waals surface area contributed by atoms with Gasteiger partial charge in [-0.2, -0.15) is 0 Å². The van der Waals surface area contributed by atoms with E-state index >= 15 is 0 Å². The van der Waals surface area contributed by atoms with E-state index in [-0.39, 0.29) is 21.4 Å². The van der Waals surface area contributed by atoms with Crippen LogP contribution in [0.2, 0.25) is 10.0 Å². The molecule has 3 rings (SSSR count). The van der Waals surface area contributed by atoms with Gasteiger partial charge in [0.2, 0.25) is 0 Å². The fourth-order valence-electron chi connectivity index (χ4n) is 3.53. The van der Waals surface area contributed by atoms with Gasteiger partial charge in [0, 0.05) is 11.1 Å². The van der Waals surface area contributed by atoms with E-state index in [0.717, 1.165) is 0 Å². The maximum atomic E-state index is 13.1. The molecule has 2 aromatic rings. The molecule has 12 heteroatoms. The first-order chi connectivity index (χ1) is 15.3. The summed E-state index contributed by atoms with van der Waals surface area (Å²) in [6, 6.07) is 8.41. The zero-order chi connectivity index (χ0) is 24.6. The normalized spacial score (nSPS) is 20.8. The van der Waals surface area contributed by atoms with E-state index in [0.29, 0.717) is 16.9 Å². The van der Waals surface area contributed by atoms with Gasteiger partial charge in [0.25, 0.3) is 13.7 Å². The Bertz CT molecular complexity index is 1130. The van der Waals surface area contributed by atoms with Gasteiger partial charge < -0.3 is 24.6 Å². The number of hydrogen-bond acceptors (Lipinski definition) is 7. The number of ketones is 1. The van der Waals surface area contributed by atoms with E-state index in [2.05, 4.69) is 9.84 Å². The molecule has 178 valence electrons. The number of carbonyl (C=O) groups excluding carboxylic acids is 2. The van der Waals surface area contributed by atoms with Crippen LogP contribution >= 0.6 is 31.0 Å². The second kappa shape index (κ2) is 9.72. The standard InChI is InChI=1S/C21H22Cl2NO8P/c1-11(25)12-7-8-16-14(9-12)18(24-20(26)13-5-4-6-15(22)17(13)23)19(21(2,3)32-16)30-10-31-33(27,28)29/h4-9,18-19H,10H2,1-3H3,(H,24,26)(H2,27,28,29)/p-1/t18-,19-/m0/s1. The summed E-state index contributed by atoms with van der Waals surface area (Å²) in [4.78, 5) is 44.9. The molecule has 0 bridgehead atoms. The first-order valence-corrected chi connectivity index (χ1v) is 11.9. The van der Waals surface area contributed by atoms with Gasteiger partial charge in [0.15, 0.2) is 12.6 Å². The van der Waals surface area contributed by atoms with Crippen LogP contribution in [0.3, 0.4) is 0 Å². The average Bonchev–Trinajstić information content (AvgIpc) is 2.70. The summed E-state index contributed by atoms with van der Waals surface area (Å²) in [5, 5.41) is 3.05. The zero-order valence-electron chi connectivity index (χ0n) is 17.8. The predicted molar refractivity (Wildman–Crippen MR) is 118 cm³/mol. The van der Waals surface area contributed by atoms with E-state index in [9.17, 15) is 19.0 Å². The number of hydrogen-bond donors (Lipinski definition) is 2. The number of nitrogens with one attached hydrogen (secondary N) is 1. The van der Waals surface area contributed by atoms with Crippen molar-refractivity contribution in [3.63, 3.8) is 0 Å². The molecule has 0 saturated heterocycles. The second-order valence-corrected chi connectivity index (χ2v) is 9.85. The van der Waals surface area contributed by atoms with Crippen LogP contribution in [0.25, 0.3) is 0 Å². The van der Waals surface area contributed by atoms with Crippen molar-refractivity contribution >= 4 is 42.7 Å². The first kappa shape index (κ1) is 25.6. The summed E-state index contributed by atoms with van der Waals surface area (Å²) >= 11 is 12.2. The minimum atomic E-state index is -5.05. The number of carbonyl (C=O) groups is 2. The molecule has 0 aromatic heterocycles. The largest absolute Gasteiger partial charge is 0.756 e. The lowest BCUT2D eigenvalue weighted by molar-refractivity contribution is -0.234. The molecular weight excluding hydrogens is 496 g/mol. The van der Waals surface area contributed by atoms with E-state index in [1.165, 1.54) is 19.1 Å². The molecule has 1 aliphatic rings. The van der Waals surface area contributed by atoms with Crippen molar-refractivity contribution in [1.29, 1.82) is 0 Å². The number of phosphoric ester groups is 1. The van der Waals surface area contributed by atoms with Gasteiger partial charge >= 0.3 is 0 Å². The number of amides is 1. The number of phosphoric acid groups is 1. The van der Waals surface area contributed by atoms with Gasteiger partial charge in [0.1, 0.15) is 17.5 Å². The third-order valence-corrected chi connectivity index (χ3v) is 6.31. The van der Waals surface area contributed by atoms with E-state index < -0.39 is 38.3 Å². The van der Waals surface area contributed by atoms with Crippen molar-refractivity contribution in [2.75, 3.05) is 6.79 Å². The third-order valence-electron chi connectivity index (χ3n) is 5.06. The van der Waals surface area contributed by atoms with Crippen LogP contribution in [0.5, 0.6) is 5.75 Å². The fraction of sp³-hybridized carbons (Fsp3) is 0.333. The molecule has 1 unspecified atom stereocenters. The van der Waals surface area contributed by atoms with Crippen molar-refractivity contribution in [3.8, 4) is 5.75 Å². The number of Topliss-reactive ketones (excluding diaryl/α,β-unsaturated/α-hetero) is 1. The molecule has 0 radical (unpaired) electrons. The summed E-state index contributed by atoms with van der Waals surface area (Å²) in [5.41, 5.74) is -0.196. The van der Waals surface area contributed by atoms with Crippen LogP contribution in [0.4, 0.5) is 0 Å². The number of benzene rings is 2. The van der Waals surface area contributed by atoms with Crippen LogP contribution in [0.15, 0.2) is 36.4 Å². The topological polar surface area (TPSA) is 134 Å². The van der Waals surface area contributed by atoms with E-state index in [1.807, 2.05) is 0 Å². The Labute approximate surface area is 200 Å². The molecule has 2 N–H and O–H groups in total. The highest BCUT2D eigenvalue weighted by Gasteiger charge is 2.46. The molecule has 0 aliphatic carbocycles. The molecule has 2 aromatic carbocycles. The van der Waals surface area contributed by atoms with E-state index in [4.69, 9.17) is 37.6 Å². The van der Waals surface area contributed by atoms with Crippen LogP contribution in [-0.4, -0.2) is 35.1 Å². The van der Waals surface area contributed by atoms with Gasteiger partial charge in [-0.25, -0.2) is 0 Å². The Morgan fingerprint density at radius 2 is 1.97 bits per heavy atom. The van der Waals surface area contributed by atoms with E-state index in [1.54, 1.807) is 38.1 Å². The third kappa shape index (κ3) is 5.94. The van der Waals surface area contributed by atoms with Crippen molar-refractivity contribution in [2.45, 2.75) is 38.5 Å². The monoisotopic (exact) mass is 516 g/mol. The smallest absolute Gasteiger partial charge is 0.267 e. The average molecular weight is 517 g/mol. The Morgan fingerprint density at radius 3 is 2.61 bits per heavy atom. The Morgan fingerprint density at radius 1 is 1.27 bits per heavy atom. The molecular formula is C21H21Cl2NO8P-. The fourth-order valence-corrected chi connectivity index (χ4v) is 4.11. The summed E-state index contributed by atoms with van der Waals surface area (Å²) in [7, 11) is -5.05. The SMILES string of the molecule is CC(=O)c1ccc2c(c1)[C@H](NC(=O)c1cccc(Cl)c1Cl)[C@H](OCOP(=O)([O-])O)C(C)(C)O2. The Balaban J connectivity index is 2.03. The first-order valence-electron chi connectivity index (χ1n) is 9.69. The van der Waals surface area contributed by atoms with Crippen LogP contribution < -0.4 is 14.9 Å². The summed E-state index contributed by atoms with van der Waals surface area (Å²) < 4.78 is 26.9. The van der Waals surface area contributed by atoms with Gasteiger partial charge in [-0.05, 0) is 51.1 Å². The Hall–Kier alpha value is -1.97. The molecule has 1 aliphatic heterocycles. The van der Waals surface area contributed by atoms with Gasteiger partial charge in [-0.1, -0.05) is 29.3 Å². The number of ether oxygens (including phenoxy) is 2. The lowest BCUT2D eigenvalue weighted by Gasteiger charge is -2.44. The molecule has 0 fully saturated rings. The van der Waals surface area contributed by atoms with Gasteiger partial charge in [-0.15, -0.1) is 0 Å². The van der Waals surface area contributed by atoms with Crippen molar-refractivity contribution in [2.24, 2.45) is 0 Å². The maximum Gasteiger partial charge on any atom is 0.267 e. The van der Waals surface area contributed by atoms with Crippen molar-refractivity contribution < 1.29 is 37.9 Å². The minimum absolute atomic E-state index is 0.0501. The highest BCUT2D eigenvalue weighted by Crippen LogP contribution is 2.43. The quantitative estimate of drug-likeness (QED) is 0.323. The molecule has 1 amide bonds.